The van der Waals surface area contributed by atoms with Crippen LogP contribution in [-0.2, 0) is 28.9 Å². The lowest BCUT2D eigenvalue weighted by atomic mass is 9.89. The lowest BCUT2D eigenvalue weighted by Gasteiger charge is -2.27. The molecule has 1 atom stereocenters. The molecule has 3 N–H and O–H groups in total. The van der Waals surface area contributed by atoms with Gasteiger partial charge in [-0.25, -0.2) is 9.97 Å². The van der Waals surface area contributed by atoms with E-state index in [2.05, 4.69) is 9.97 Å². The quantitative estimate of drug-likeness (QED) is 0.544. The number of carboxylic acid groups (broad SMARTS) is 1. The Bertz CT molecular complexity index is 946. The van der Waals surface area contributed by atoms with E-state index in [1.54, 1.807) is 25.4 Å². The molecule has 32 heavy (non-hydrogen) atoms. The number of carbonyl (C=O) groups excluding carboxylic acids is 1. The molecule has 8 heteroatoms. The van der Waals surface area contributed by atoms with Crippen LogP contribution in [0.3, 0.4) is 0 Å². The normalized spacial score (nSPS) is 13.8. The number of nitrogens with zero attached hydrogens (tertiary/aromatic N) is 3. The third-order valence-electron chi connectivity index (χ3n) is 6.08. The number of rotatable bonds is 10. The van der Waals surface area contributed by atoms with Crippen molar-refractivity contribution in [1.82, 2.24) is 14.9 Å². The smallest absolute Gasteiger partial charge is 0.305 e. The van der Waals surface area contributed by atoms with Crippen LogP contribution in [0.1, 0.15) is 67.0 Å². The van der Waals surface area contributed by atoms with E-state index < -0.39 is 12.0 Å². The van der Waals surface area contributed by atoms with Crippen molar-refractivity contribution in [3.63, 3.8) is 0 Å². The summed E-state index contributed by atoms with van der Waals surface area (Å²) in [6, 6.07) is 4.83. The molecule has 0 bridgehead atoms. The van der Waals surface area contributed by atoms with E-state index in [1.165, 1.54) is 36.0 Å². The van der Waals surface area contributed by atoms with E-state index in [4.69, 9.17) is 10.5 Å². The fourth-order valence-electron chi connectivity index (χ4n) is 4.33. The Morgan fingerprint density at radius 3 is 2.72 bits per heavy atom. The van der Waals surface area contributed by atoms with Crippen LogP contribution in [0.2, 0.25) is 0 Å². The molecule has 0 unspecified atom stereocenters. The van der Waals surface area contributed by atoms with Gasteiger partial charge >= 0.3 is 5.97 Å². The summed E-state index contributed by atoms with van der Waals surface area (Å²) in [6.45, 7) is 0. The fourth-order valence-corrected chi connectivity index (χ4v) is 4.33. The highest BCUT2D eigenvalue weighted by molar-refractivity contribution is 5.77. The van der Waals surface area contributed by atoms with Gasteiger partial charge in [0.1, 0.15) is 5.82 Å². The SMILES string of the molecule is COc1ccc([C@H](CC(=O)O)N(C)C(=O)CCCCc2nc(N)cc3c2CCCC3)cn1. The first kappa shape index (κ1) is 23.5. The van der Waals surface area contributed by atoms with Crippen molar-refractivity contribution in [2.75, 3.05) is 19.9 Å². The lowest BCUT2D eigenvalue weighted by molar-refractivity contribution is -0.140. The van der Waals surface area contributed by atoms with Crippen LogP contribution >= 0.6 is 0 Å². The van der Waals surface area contributed by atoms with Crippen molar-refractivity contribution >= 4 is 17.7 Å². The number of aliphatic carboxylic acids is 1. The van der Waals surface area contributed by atoms with Crippen LogP contribution in [-0.4, -0.2) is 46.0 Å². The van der Waals surface area contributed by atoms with E-state index in [0.29, 0.717) is 30.1 Å². The predicted octanol–water partition coefficient (Wildman–Crippen LogP) is 3.33. The molecular formula is C24H32N4O4. The molecule has 2 aromatic rings. The topological polar surface area (TPSA) is 119 Å². The third-order valence-corrected chi connectivity index (χ3v) is 6.08. The van der Waals surface area contributed by atoms with Crippen molar-refractivity contribution in [1.29, 1.82) is 0 Å². The molecule has 0 saturated heterocycles. The van der Waals surface area contributed by atoms with Crippen LogP contribution < -0.4 is 10.5 Å². The molecule has 1 amide bonds. The van der Waals surface area contributed by atoms with Crippen molar-refractivity contribution in [3.05, 3.63) is 46.8 Å². The molecular weight excluding hydrogens is 408 g/mol. The molecule has 0 aliphatic heterocycles. The van der Waals surface area contributed by atoms with Crippen LogP contribution in [0.4, 0.5) is 5.82 Å². The first-order valence-corrected chi connectivity index (χ1v) is 11.1. The minimum absolute atomic E-state index is 0.0883. The predicted molar refractivity (Wildman–Crippen MR) is 121 cm³/mol. The van der Waals surface area contributed by atoms with Crippen molar-refractivity contribution in [3.8, 4) is 5.88 Å². The van der Waals surface area contributed by atoms with E-state index in [9.17, 15) is 14.7 Å². The van der Waals surface area contributed by atoms with Crippen LogP contribution in [0.15, 0.2) is 24.4 Å². The number of methoxy groups -OCH3 is 1. The number of carboxylic acids is 1. The van der Waals surface area contributed by atoms with Crippen LogP contribution in [0, 0.1) is 0 Å². The highest BCUT2D eigenvalue weighted by atomic mass is 16.5. The number of amides is 1. The van der Waals surface area contributed by atoms with Crippen molar-refractivity contribution in [2.24, 2.45) is 0 Å². The summed E-state index contributed by atoms with van der Waals surface area (Å²) in [6.07, 6.45) is 8.53. The summed E-state index contributed by atoms with van der Waals surface area (Å²) in [5.41, 5.74) is 10.4. The number of ether oxygens (including phenoxy) is 1. The average molecular weight is 441 g/mol. The summed E-state index contributed by atoms with van der Waals surface area (Å²) < 4.78 is 5.06. The van der Waals surface area contributed by atoms with Gasteiger partial charge in [0.25, 0.3) is 0 Å². The number of hydrogen-bond acceptors (Lipinski definition) is 6. The molecule has 0 spiro atoms. The molecule has 0 saturated carbocycles. The van der Waals surface area contributed by atoms with Gasteiger partial charge < -0.3 is 20.5 Å². The van der Waals surface area contributed by atoms with Gasteiger partial charge in [-0.2, -0.15) is 0 Å². The lowest BCUT2D eigenvalue weighted by Crippen LogP contribution is -2.32. The summed E-state index contributed by atoms with van der Waals surface area (Å²) >= 11 is 0. The zero-order chi connectivity index (χ0) is 23.1. The Balaban J connectivity index is 1.58. The number of nitrogens with two attached hydrogens (primary N) is 1. The number of aromatic nitrogens is 2. The number of carbonyl (C=O) groups is 2. The van der Waals surface area contributed by atoms with E-state index in [1.807, 2.05) is 6.07 Å². The second-order valence-corrected chi connectivity index (χ2v) is 8.30. The highest BCUT2D eigenvalue weighted by Crippen LogP contribution is 2.27. The number of hydrogen-bond donors (Lipinski definition) is 2. The van der Waals surface area contributed by atoms with Crippen LogP contribution in [0.5, 0.6) is 5.88 Å². The Kier molecular flexibility index (Phi) is 8.03. The van der Waals surface area contributed by atoms with E-state index in [0.717, 1.165) is 31.4 Å². The number of nitrogen functional groups attached to an aromatic ring is 1. The Morgan fingerprint density at radius 1 is 1.25 bits per heavy atom. The minimum atomic E-state index is -0.969. The van der Waals surface area contributed by atoms with Gasteiger partial charge in [0.15, 0.2) is 0 Å². The zero-order valence-corrected chi connectivity index (χ0v) is 18.8. The first-order valence-electron chi connectivity index (χ1n) is 11.1. The van der Waals surface area contributed by atoms with Gasteiger partial charge in [0.05, 0.1) is 19.6 Å². The standard InChI is InChI=1S/C24H32N4O4/c1-28(20(14-24(30)31)17-11-12-22(32-2)26-15-17)23(29)10-6-5-9-19-18-8-4-3-7-16(18)13-21(25)27-19/h11-13,15,20H,3-10,14H2,1-2H3,(H2,25,27)(H,30,31)/t20-/m0/s1. The molecule has 2 aromatic heterocycles. The molecule has 8 nitrogen and oxygen atoms in total. The first-order chi connectivity index (χ1) is 15.4. The van der Waals surface area contributed by atoms with Gasteiger partial charge in [-0.05, 0) is 67.7 Å². The molecule has 1 aliphatic rings. The third kappa shape index (κ3) is 5.96. The number of unbranched alkanes of at least 4 members (excludes halogenated alkanes) is 1. The maximum Gasteiger partial charge on any atom is 0.305 e. The van der Waals surface area contributed by atoms with Gasteiger partial charge in [-0.3, -0.25) is 9.59 Å². The van der Waals surface area contributed by atoms with Gasteiger partial charge in [-0.1, -0.05) is 6.07 Å². The fraction of sp³-hybridized carbons (Fsp3) is 0.500. The molecule has 0 fully saturated rings. The Hall–Kier alpha value is -3.16. The van der Waals surface area contributed by atoms with Gasteiger partial charge in [-0.15, -0.1) is 0 Å². The van der Waals surface area contributed by atoms with Crippen molar-refractivity contribution < 1.29 is 19.4 Å². The summed E-state index contributed by atoms with van der Waals surface area (Å²) in [5.74, 6) is -0.0483. The average Bonchev–Trinajstić information content (AvgIpc) is 2.79. The maximum atomic E-state index is 12.8. The molecule has 0 radical (unpaired) electrons. The number of anilines is 1. The molecule has 0 aromatic carbocycles. The Morgan fingerprint density at radius 2 is 2.03 bits per heavy atom. The summed E-state index contributed by atoms with van der Waals surface area (Å²) in [4.78, 5) is 34.4. The van der Waals surface area contributed by atoms with E-state index >= 15 is 0 Å². The highest BCUT2D eigenvalue weighted by Gasteiger charge is 2.24. The summed E-state index contributed by atoms with van der Waals surface area (Å²) in [7, 11) is 3.16. The maximum absolute atomic E-state index is 12.8. The van der Waals surface area contributed by atoms with Gasteiger partial charge in [0.2, 0.25) is 11.8 Å². The summed E-state index contributed by atoms with van der Waals surface area (Å²) in [5, 5.41) is 9.34. The zero-order valence-electron chi connectivity index (χ0n) is 18.8. The molecule has 3 rings (SSSR count). The van der Waals surface area contributed by atoms with E-state index in [-0.39, 0.29) is 12.3 Å². The Labute approximate surface area is 188 Å². The molecule has 1 aliphatic carbocycles. The second-order valence-electron chi connectivity index (χ2n) is 8.30. The monoisotopic (exact) mass is 440 g/mol. The molecule has 172 valence electrons. The number of aryl methyl sites for hydroxylation is 2. The van der Waals surface area contributed by atoms with Crippen molar-refractivity contribution in [2.45, 2.75) is 63.8 Å². The number of pyridine rings is 2. The molecule has 2 heterocycles. The van der Waals surface area contributed by atoms with Gasteiger partial charge in [0, 0.05) is 31.4 Å². The number of fused-ring (bicyclic) bond motifs is 1. The van der Waals surface area contributed by atoms with Crippen LogP contribution in [0.25, 0.3) is 0 Å². The minimum Gasteiger partial charge on any atom is -0.481 e. The largest absolute Gasteiger partial charge is 0.481 e. The second kappa shape index (κ2) is 10.9.